The number of hydrogen-bond acceptors (Lipinski definition) is 7. The zero-order valence-corrected chi connectivity index (χ0v) is 14.0. The first kappa shape index (κ1) is 17.6. The lowest BCUT2D eigenvalue weighted by atomic mass is 9.93. The average Bonchev–Trinajstić information content (AvgIpc) is 3.02. The molecule has 0 amide bonds. The van der Waals surface area contributed by atoms with Gasteiger partial charge in [0.2, 0.25) is 0 Å². The van der Waals surface area contributed by atoms with E-state index in [9.17, 15) is 20.4 Å². The summed E-state index contributed by atoms with van der Waals surface area (Å²) in [5, 5.41) is 39.4. The Hall–Kier alpha value is -1.25. The van der Waals surface area contributed by atoms with Crippen LogP contribution in [0.5, 0.6) is 0 Å². The lowest BCUT2D eigenvalue weighted by Gasteiger charge is -2.44. The second-order valence-electron chi connectivity index (χ2n) is 7.02. The number of nitrogens with zero attached hydrogens (tertiary/aromatic N) is 3. The van der Waals surface area contributed by atoms with Gasteiger partial charge in [0.25, 0.3) is 0 Å². The molecule has 3 heterocycles. The van der Waals surface area contributed by atoms with Crippen molar-refractivity contribution >= 4 is 5.69 Å². The zero-order chi connectivity index (χ0) is 17.3. The molecule has 1 aromatic rings. The van der Waals surface area contributed by atoms with Crippen molar-refractivity contribution in [3.63, 3.8) is 0 Å². The van der Waals surface area contributed by atoms with Crippen molar-refractivity contribution in [3.05, 3.63) is 24.0 Å². The van der Waals surface area contributed by atoms with Gasteiger partial charge in [0.15, 0.2) is 0 Å². The molecule has 0 bridgehead atoms. The Labute approximate surface area is 142 Å². The summed E-state index contributed by atoms with van der Waals surface area (Å²) in [6.45, 7) is 4.63. The maximum atomic E-state index is 10.1. The van der Waals surface area contributed by atoms with Gasteiger partial charge >= 0.3 is 0 Å². The van der Waals surface area contributed by atoms with E-state index < -0.39 is 24.4 Å². The fraction of sp³-hybridized carbons (Fsp3) is 0.706. The van der Waals surface area contributed by atoms with Gasteiger partial charge in [-0.3, -0.25) is 9.88 Å². The summed E-state index contributed by atoms with van der Waals surface area (Å²) in [6, 6.07) is 1.47. The number of aryl methyl sites for hydroxylation is 1. The van der Waals surface area contributed by atoms with E-state index >= 15 is 0 Å². The van der Waals surface area contributed by atoms with E-state index in [-0.39, 0.29) is 13.2 Å². The summed E-state index contributed by atoms with van der Waals surface area (Å²) in [7, 11) is 0. The minimum absolute atomic E-state index is 0.233. The van der Waals surface area contributed by atoms with Crippen LogP contribution in [0.2, 0.25) is 0 Å². The van der Waals surface area contributed by atoms with Gasteiger partial charge in [0, 0.05) is 32.4 Å². The summed E-state index contributed by atoms with van der Waals surface area (Å²) < 4.78 is 0. The Morgan fingerprint density at radius 2 is 2.00 bits per heavy atom. The standard InChI is InChI=1S/C17H27N3O4/c1-11-2-4-18-6-13(11)19-5-3-12(7-19)8-20-9-15(22)17(24)16(23)14(20)10-21/h2,4,6,12,14-17,21-24H,3,5,7-10H2,1H3/t12-,14+,15-,16+,17+/m0/s1. The van der Waals surface area contributed by atoms with E-state index in [1.54, 1.807) is 6.20 Å². The molecule has 134 valence electrons. The van der Waals surface area contributed by atoms with Crippen LogP contribution in [0.15, 0.2) is 18.5 Å². The molecule has 0 aliphatic carbocycles. The van der Waals surface area contributed by atoms with Gasteiger partial charge in [-0.25, -0.2) is 0 Å². The molecule has 5 atom stereocenters. The molecule has 2 aliphatic rings. The lowest BCUT2D eigenvalue weighted by Crippen LogP contribution is -2.63. The number of aliphatic hydroxyl groups excluding tert-OH is 4. The molecule has 0 saturated carbocycles. The molecule has 0 spiro atoms. The third-order valence-corrected chi connectivity index (χ3v) is 5.35. The first-order valence-electron chi connectivity index (χ1n) is 8.56. The monoisotopic (exact) mass is 337 g/mol. The smallest absolute Gasteiger partial charge is 0.109 e. The van der Waals surface area contributed by atoms with Gasteiger partial charge in [0.1, 0.15) is 12.2 Å². The maximum Gasteiger partial charge on any atom is 0.109 e. The zero-order valence-electron chi connectivity index (χ0n) is 14.0. The highest BCUT2D eigenvalue weighted by atomic mass is 16.4. The predicted octanol–water partition coefficient (Wildman–Crippen LogP) is -1.02. The molecule has 4 N–H and O–H groups in total. The van der Waals surface area contributed by atoms with Crippen LogP contribution in [0.25, 0.3) is 0 Å². The van der Waals surface area contributed by atoms with Gasteiger partial charge in [-0.15, -0.1) is 0 Å². The molecule has 2 aliphatic heterocycles. The van der Waals surface area contributed by atoms with Gasteiger partial charge in [-0.2, -0.15) is 0 Å². The van der Waals surface area contributed by atoms with Crippen LogP contribution in [0.1, 0.15) is 12.0 Å². The average molecular weight is 337 g/mol. The summed E-state index contributed by atoms with van der Waals surface area (Å²) in [4.78, 5) is 8.43. The van der Waals surface area contributed by atoms with Crippen molar-refractivity contribution in [1.29, 1.82) is 0 Å². The predicted molar refractivity (Wildman–Crippen MR) is 89.8 cm³/mol. The normalized spacial score (nSPS) is 34.7. The summed E-state index contributed by atoms with van der Waals surface area (Å²) in [5.41, 5.74) is 2.35. The Kier molecular flexibility index (Phi) is 5.36. The molecule has 1 aromatic heterocycles. The number of rotatable bonds is 4. The number of pyridine rings is 1. The Balaban J connectivity index is 1.63. The molecular weight excluding hydrogens is 310 g/mol. The largest absolute Gasteiger partial charge is 0.395 e. The van der Waals surface area contributed by atoms with Gasteiger partial charge in [-0.05, 0) is 30.9 Å². The number of β-amino-alcohol motifs (C(OH)–C–C–N with tert-alkyl or cyclic N) is 1. The van der Waals surface area contributed by atoms with Crippen LogP contribution >= 0.6 is 0 Å². The SMILES string of the molecule is Cc1ccncc1N1CC[C@H](CN2C[C@H](O)[C@@H](O)[C@H](O)[C@H]2CO)C1. The van der Waals surface area contributed by atoms with E-state index in [1.807, 2.05) is 17.2 Å². The molecule has 24 heavy (non-hydrogen) atoms. The molecule has 7 heteroatoms. The van der Waals surface area contributed by atoms with E-state index in [0.717, 1.165) is 25.2 Å². The molecule has 7 nitrogen and oxygen atoms in total. The summed E-state index contributed by atoms with van der Waals surface area (Å²) in [5.74, 6) is 0.383. The van der Waals surface area contributed by atoms with Crippen molar-refractivity contribution in [3.8, 4) is 0 Å². The van der Waals surface area contributed by atoms with E-state index in [2.05, 4.69) is 16.8 Å². The quantitative estimate of drug-likeness (QED) is 0.558. The fourth-order valence-corrected chi connectivity index (χ4v) is 3.91. The first-order valence-corrected chi connectivity index (χ1v) is 8.56. The van der Waals surface area contributed by atoms with Crippen LogP contribution in [0, 0.1) is 12.8 Å². The lowest BCUT2D eigenvalue weighted by molar-refractivity contribution is -0.146. The Morgan fingerprint density at radius 3 is 2.71 bits per heavy atom. The van der Waals surface area contributed by atoms with E-state index in [4.69, 9.17) is 0 Å². The van der Waals surface area contributed by atoms with E-state index in [0.29, 0.717) is 12.5 Å². The third-order valence-electron chi connectivity index (χ3n) is 5.35. The van der Waals surface area contributed by atoms with Crippen molar-refractivity contribution in [2.75, 3.05) is 37.7 Å². The van der Waals surface area contributed by atoms with Crippen LogP contribution < -0.4 is 4.90 Å². The number of anilines is 1. The number of likely N-dealkylation sites (tertiary alicyclic amines) is 1. The van der Waals surface area contributed by atoms with Crippen LogP contribution in [0.3, 0.4) is 0 Å². The van der Waals surface area contributed by atoms with Crippen LogP contribution in [0.4, 0.5) is 5.69 Å². The molecule has 0 unspecified atom stereocenters. The highest BCUT2D eigenvalue weighted by molar-refractivity contribution is 5.51. The fourth-order valence-electron chi connectivity index (χ4n) is 3.91. The minimum atomic E-state index is -1.20. The Morgan fingerprint density at radius 1 is 1.21 bits per heavy atom. The number of piperidine rings is 1. The van der Waals surface area contributed by atoms with Gasteiger partial charge in [0.05, 0.1) is 30.6 Å². The number of hydrogen-bond donors (Lipinski definition) is 4. The number of aromatic nitrogens is 1. The highest BCUT2D eigenvalue weighted by Gasteiger charge is 2.42. The highest BCUT2D eigenvalue weighted by Crippen LogP contribution is 2.28. The molecular formula is C17H27N3O4. The topological polar surface area (TPSA) is 100 Å². The van der Waals surface area contributed by atoms with Crippen molar-refractivity contribution < 1.29 is 20.4 Å². The second kappa shape index (κ2) is 7.33. The molecule has 2 saturated heterocycles. The van der Waals surface area contributed by atoms with Gasteiger partial charge in [-0.1, -0.05) is 0 Å². The maximum absolute atomic E-state index is 10.1. The molecule has 0 aromatic carbocycles. The van der Waals surface area contributed by atoms with Crippen molar-refractivity contribution in [2.45, 2.75) is 37.7 Å². The third kappa shape index (κ3) is 3.41. The van der Waals surface area contributed by atoms with Gasteiger partial charge < -0.3 is 25.3 Å². The summed E-state index contributed by atoms with van der Waals surface area (Å²) >= 11 is 0. The number of aliphatic hydroxyl groups is 4. The molecule has 0 radical (unpaired) electrons. The van der Waals surface area contributed by atoms with Crippen molar-refractivity contribution in [2.24, 2.45) is 5.92 Å². The molecule has 3 rings (SSSR count). The summed E-state index contributed by atoms with van der Waals surface area (Å²) in [6.07, 6.45) is 1.38. The van der Waals surface area contributed by atoms with Crippen LogP contribution in [-0.4, -0.2) is 87.4 Å². The van der Waals surface area contributed by atoms with Crippen molar-refractivity contribution in [1.82, 2.24) is 9.88 Å². The minimum Gasteiger partial charge on any atom is -0.395 e. The molecule has 2 fully saturated rings. The van der Waals surface area contributed by atoms with Crippen LogP contribution in [-0.2, 0) is 0 Å². The van der Waals surface area contributed by atoms with E-state index in [1.165, 1.54) is 5.56 Å². The first-order chi connectivity index (χ1) is 11.5. The Bertz CT molecular complexity index is 558. The second-order valence-corrected chi connectivity index (χ2v) is 7.02.